The molecule has 4 aromatic heterocycles. The van der Waals surface area contributed by atoms with Crippen molar-refractivity contribution in [2.75, 3.05) is 14.1 Å². The van der Waals surface area contributed by atoms with E-state index < -0.39 is 0 Å². The maximum Gasteiger partial charge on any atom is 0.123 e. The van der Waals surface area contributed by atoms with Gasteiger partial charge < -0.3 is 9.88 Å². The minimum absolute atomic E-state index is 0.267. The van der Waals surface area contributed by atoms with E-state index in [0.717, 1.165) is 67.7 Å². The molecule has 2 aromatic carbocycles. The lowest BCUT2D eigenvalue weighted by molar-refractivity contribution is 0.402. The van der Waals surface area contributed by atoms with E-state index in [0.29, 0.717) is 0 Å². The maximum atomic E-state index is 13.4. The van der Waals surface area contributed by atoms with Gasteiger partial charge in [0, 0.05) is 52.6 Å². The zero-order chi connectivity index (χ0) is 23.9. The standard InChI is InChI=1S/C28H23FN6/c1-35(2)16-17-11-20(15-30-14-17)19-5-8-25-22(12-19)28(34-33-25)26-13-23-24(32-26)9-10-31-27(23)18-3-6-21(29)7-4-18/h3-15,32H,16H2,1-2H3,(H,33,34). The van der Waals surface area contributed by atoms with Gasteiger partial charge in [-0.15, -0.1) is 0 Å². The Morgan fingerprint density at radius 3 is 2.43 bits per heavy atom. The zero-order valence-electron chi connectivity index (χ0n) is 19.4. The highest BCUT2D eigenvalue weighted by Gasteiger charge is 2.15. The zero-order valence-corrected chi connectivity index (χ0v) is 19.4. The summed E-state index contributed by atoms with van der Waals surface area (Å²) in [4.78, 5) is 14.6. The molecule has 0 saturated carbocycles. The average molecular weight is 463 g/mol. The summed E-state index contributed by atoms with van der Waals surface area (Å²) in [7, 11) is 4.10. The molecule has 0 fully saturated rings. The maximum absolute atomic E-state index is 13.4. The van der Waals surface area contributed by atoms with Crippen molar-refractivity contribution in [3.8, 4) is 33.8 Å². The van der Waals surface area contributed by atoms with Crippen molar-refractivity contribution < 1.29 is 4.39 Å². The first-order valence-electron chi connectivity index (χ1n) is 11.4. The second kappa shape index (κ2) is 8.45. The van der Waals surface area contributed by atoms with E-state index in [-0.39, 0.29) is 5.82 Å². The second-order valence-corrected chi connectivity index (χ2v) is 8.96. The van der Waals surface area contributed by atoms with Gasteiger partial charge in [0.25, 0.3) is 0 Å². The van der Waals surface area contributed by atoms with Crippen LogP contribution >= 0.6 is 0 Å². The summed E-state index contributed by atoms with van der Waals surface area (Å²) < 4.78 is 13.4. The van der Waals surface area contributed by atoms with Crippen LogP contribution in [0, 0.1) is 5.82 Å². The SMILES string of the molecule is CN(C)Cc1cncc(-c2ccc3[nH]nc(-c4cc5c(-c6ccc(F)cc6)nccc5[nH]4)c3c2)c1. The number of pyridine rings is 2. The Balaban J connectivity index is 1.44. The van der Waals surface area contributed by atoms with E-state index in [9.17, 15) is 4.39 Å². The first-order valence-corrected chi connectivity index (χ1v) is 11.4. The van der Waals surface area contributed by atoms with Gasteiger partial charge in [0.1, 0.15) is 11.5 Å². The summed E-state index contributed by atoms with van der Waals surface area (Å²) in [6.07, 6.45) is 5.56. The van der Waals surface area contributed by atoms with Gasteiger partial charge in [-0.05, 0) is 79.8 Å². The number of halogens is 1. The molecular weight excluding hydrogens is 439 g/mol. The van der Waals surface area contributed by atoms with Crippen LogP contribution in [-0.4, -0.2) is 44.1 Å². The summed E-state index contributed by atoms with van der Waals surface area (Å²) in [6.45, 7) is 0.833. The van der Waals surface area contributed by atoms with Crippen LogP contribution in [0.1, 0.15) is 5.56 Å². The number of rotatable bonds is 5. The Bertz CT molecular complexity index is 1660. The third-order valence-electron chi connectivity index (χ3n) is 6.11. The largest absolute Gasteiger partial charge is 0.353 e. The molecule has 0 unspecified atom stereocenters. The Morgan fingerprint density at radius 2 is 1.60 bits per heavy atom. The summed E-state index contributed by atoms with van der Waals surface area (Å²) in [6, 6.07) is 18.9. The van der Waals surface area contributed by atoms with Gasteiger partial charge >= 0.3 is 0 Å². The third-order valence-corrected chi connectivity index (χ3v) is 6.11. The van der Waals surface area contributed by atoms with Crippen molar-refractivity contribution >= 4 is 21.8 Å². The molecule has 4 heterocycles. The monoisotopic (exact) mass is 462 g/mol. The quantitative estimate of drug-likeness (QED) is 0.328. The average Bonchev–Trinajstić information content (AvgIpc) is 3.48. The molecule has 0 aliphatic heterocycles. The van der Waals surface area contributed by atoms with Gasteiger partial charge in [-0.25, -0.2) is 4.39 Å². The highest BCUT2D eigenvalue weighted by Crippen LogP contribution is 2.34. The molecule has 0 radical (unpaired) electrons. The number of aromatic nitrogens is 5. The van der Waals surface area contributed by atoms with E-state index in [1.165, 1.54) is 12.1 Å². The molecule has 7 heteroatoms. The summed E-state index contributed by atoms with van der Waals surface area (Å²) in [5.41, 5.74) is 8.60. The molecule has 2 N–H and O–H groups in total. The lowest BCUT2D eigenvalue weighted by Gasteiger charge is -2.10. The van der Waals surface area contributed by atoms with Gasteiger partial charge in [-0.2, -0.15) is 5.10 Å². The summed E-state index contributed by atoms with van der Waals surface area (Å²) in [5.74, 6) is -0.267. The number of nitrogens with one attached hydrogen (secondary N) is 2. The van der Waals surface area contributed by atoms with Crippen LogP contribution in [0.15, 0.2) is 79.3 Å². The van der Waals surface area contributed by atoms with Crippen LogP contribution < -0.4 is 0 Å². The fourth-order valence-electron chi connectivity index (χ4n) is 4.52. The summed E-state index contributed by atoms with van der Waals surface area (Å²) >= 11 is 0. The third kappa shape index (κ3) is 3.96. The second-order valence-electron chi connectivity index (χ2n) is 8.96. The van der Waals surface area contributed by atoms with Crippen molar-refractivity contribution in [3.05, 3.63) is 90.6 Å². The van der Waals surface area contributed by atoms with Gasteiger partial charge in [0.2, 0.25) is 0 Å². The normalized spacial score (nSPS) is 11.7. The number of H-pyrrole nitrogens is 2. The van der Waals surface area contributed by atoms with Crippen LogP contribution in [0.4, 0.5) is 4.39 Å². The molecule has 0 atom stereocenters. The van der Waals surface area contributed by atoms with Gasteiger partial charge in [-0.3, -0.25) is 15.1 Å². The van der Waals surface area contributed by atoms with Crippen LogP contribution in [-0.2, 0) is 6.54 Å². The molecule has 0 amide bonds. The molecule has 0 spiro atoms. The molecule has 0 saturated heterocycles. The Labute approximate surface area is 201 Å². The highest BCUT2D eigenvalue weighted by molar-refractivity contribution is 6.00. The molecule has 172 valence electrons. The van der Waals surface area contributed by atoms with Gasteiger partial charge in [0.05, 0.1) is 16.9 Å². The molecule has 0 bridgehead atoms. The molecule has 6 nitrogen and oxygen atoms in total. The van der Waals surface area contributed by atoms with E-state index >= 15 is 0 Å². The minimum atomic E-state index is -0.267. The lowest BCUT2D eigenvalue weighted by atomic mass is 10.0. The topological polar surface area (TPSA) is 73.5 Å². The molecule has 6 aromatic rings. The first kappa shape index (κ1) is 21.2. The van der Waals surface area contributed by atoms with Crippen LogP contribution in [0.5, 0.6) is 0 Å². The lowest BCUT2D eigenvalue weighted by Crippen LogP contribution is -2.10. The number of hydrogen-bond donors (Lipinski definition) is 2. The number of benzene rings is 2. The summed E-state index contributed by atoms with van der Waals surface area (Å²) in [5, 5.41) is 9.75. The van der Waals surface area contributed by atoms with E-state index in [1.54, 1.807) is 18.3 Å². The number of aromatic amines is 2. The first-order chi connectivity index (χ1) is 17.0. The molecule has 0 aliphatic carbocycles. The van der Waals surface area contributed by atoms with Crippen LogP contribution in [0.3, 0.4) is 0 Å². The van der Waals surface area contributed by atoms with Gasteiger partial charge in [-0.1, -0.05) is 6.07 Å². The van der Waals surface area contributed by atoms with Crippen molar-refractivity contribution in [3.63, 3.8) is 0 Å². The van der Waals surface area contributed by atoms with E-state index in [4.69, 9.17) is 0 Å². The smallest absolute Gasteiger partial charge is 0.123 e. The van der Waals surface area contributed by atoms with E-state index in [1.807, 2.05) is 38.6 Å². The van der Waals surface area contributed by atoms with Crippen molar-refractivity contribution in [2.45, 2.75) is 6.54 Å². The van der Waals surface area contributed by atoms with Gasteiger partial charge in [0.15, 0.2) is 0 Å². The Morgan fingerprint density at radius 1 is 0.800 bits per heavy atom. The Kier molecular flexibility index (Phi) is 5.12. The van der Waals surface area contributed by atoms with Crippen molar-refractivity contribution in [1.82, 2.24) is 30.0 Å². The Hall–Kier alpha value is -4.36. The van der Waals surface area contributed by atoms with E-state index in [2.05, 4.69) is 54.3 Å². The minimum Gasteiger partial charge on any atom is -0.353 e. The molecule has 6 rings (SSSR count). The van der Waals surface area contributed by atoms with Crippen molar-refractivity contribution in [2.24, 2.45) is 0 Å². The van der Waals surface area contributed by atoms with Crippen LogP contribution in [0.25, 0.3) is 55.6 Å². The fraction of sp³-hybridized carbons (Fsp3) is 0.107. The number of nitrogens with zero attached hydrogens (tertiary/aromatic N) is 4. The highest BCUT2D eigenvalue weighted by atomic mass is 19.1. The van der Waals surface area contributed by atoms with Crippen molar-refractivity contribution in [1.29, 1.82) is 0 Å². The number of fused-ring (bicyclic) bond motifs is 2. The predicted molar refractivity (Wildman–Crippen MR) is 137 cm³/mol. The number of hydrogen-bond acceptors (Lipinski definition) is 4. The fourth-order valence-corrected chi connectivity index (χ4v) is 4.52. The predicted octanol–water partition coefficient (Wildman–Crippen LogP) is 6.04. The molecule has 35 heavy (non-hydrogen) atoms. The molecule has 0 aliphatic rings. The van der Waals surface area contributed by atoms with Crippen LogP contribution in [0.2, 0.25) is 0 Å². The molecular formula is C28H23FN6.